The zero-order valence-electron chi connectivity index (χ0n) is 11.1. The van der Waals surface area contributed by atoms with E-state index in [-0.39, 0.29) is 12.3 Å². The molecule has 106 valence electrons. The molecule has 0 aliphatic heterocycles. The number of halogens is 1. The first-order chi connectivity index (χ1) is 9.52. The van der Waals surface area contributed by atoms with Gasteiger partial charge in [-0.25, -0.2) is 9.59 Å². The Morgan fingerprint density at radius 3 is 2.70 bits per heavy atom. The Morgan fingerprint density at radius 1 is 1.35 bits per heavy atom. The Morgan fingerprint density at radius 2 is 2.10 bits per heavy atom. The van der Waals surface area contributed by atoms with Crippen LogP contribution >= 0.6 is 11.6 Å². The number of ether oxygens (including phenoxy) is 1. The minimum absolute atomic E-state index is 0.275. The van der Waals surface area contributed by atoms with Gasteiger partial charge in [0.25, 0.3) is 0 Å². The highest BCUT2D eigenvalue weighted by Crippen LogP contribution is 2.12. The third-order valence-corrected chi connectivity index (χ3v) is 2.29. The maximum absolute atomic E-state index is 11.3. The first-order valence-electron chi connectivity index (χ1n) is 5.89. The lowest BCUT2D eigenvalue weighted by Crippen LogP contribution is -2.04. The summed E-state index contributed by atoms with van der Waals surface area (Å²) < 4.78 is 4.76. The van der Waals surface area contributed by atoms with E-state index in [1.165, 1.54) is 19.1 Å². The molecular weight excluding hydrogens is 282 g/mol. The highest BCUT2D eigenvalue weighted by Gasteiger charge is 2.04. The Bertz CT molecular complexity index is 552. The third-order valence-electron chi connectivity index (χ3n) is 2.06. The summed E-state index contributed by atoms with van der Waals surface area (Å²) in [5.74, 6) is -1.07. The normalized spacial score (nSPS) is 11.4. The molecule has 0 saturated heterocycles. The third kappa shape index (κ3) is 5.67. The van der Waals surface area contributed by atoms with Gasteiger partial charge in [0.1, 0.15) is 5.71 Å². The van der Waals surface area contributed by atoms with Gasteiger partial charge in [-0.1, -0.05) is 28.9 Å². The summed E-state index contributed by atoms with van der Waals surface area (Å²) in [6.45, 7) is 3.21. The van der Waals surface area contributed by atoms with Gasteiger partial charge in [0, 0.05) is 23.6 Å². The monoisotopic (exact) mass is 295 g/mol. The lowest BCUT2D eigenvalue weighted by Gasteiger charge is -2.02. The fourth-order valence-corrected chi connectivity index (χ4v) is 1.47. The van der Waals surface area contributed by atoms with E-state index in [0.29, 0.717) is 10.6 Å². The summed E-state index contributed by atoms with van der Waals surface area (Å²) in [6, 6.07) is 6.78. The summed E-state index contributed by atoms with van der Waals surface area (Å²) in [4.78, 5) is 26.7. The molecule has 0 saturated carbocycles. The van der Waals surface area contributed by atoms with Crippen molar-refractivity contribution in [2.24, 2.45) is 5.16 Å². The molecule has 0 aromatic heterocycles. The van der Waals surface area contributed by atoms with Crippen LogP contribution in [0.2, 0.25) is 5.02 Å². The summed E-state index contributed by atoms with van der Waals surface area (Å²) >= 11 is 5.89. The molecule has 0 atom stereocenters. The summed E-state index contributed by atoms with van der Waals surface area (Å²) in [7, 11) is 0. The molecule has 0 fully saturated rings. The van der Waals surface area contributed by atoms with Gasteiger partial charge in [0.2, 0.25) is 0 Å². The topological polar surface area (TPSA) is 65.0 Å². The number of esters is 1. The molecule has 1 aromatic rings. The van der Waals surface area contributed by atoms with Crippen LogP contribution in [-0.4, -0.2) is 24.3 Å². The Kier molecular flexibility index (Phi) is 6.46. The van der Waals surface area contributed by atoms with Crippen LogP contribution in [0.15, 0.2) is 41.6 Å². The number of nitrogens with zero attached hydrogens (tertiary/aromatic N) is 1. The molecule has 0 N–H and O–H groups in total. The fraction of sp³-hybridized carbons (Fsp3) is 0.214. The number of hydrogen-bond acceptors (Lipinski definition) is 5. The van der Waals surface area contributed by atoms with Crippen LogP contribution < -0.4 is 0 Å². The molecule has 0 aliphatic rings. The van der Waals surface area contributed by atoms with E-state index in [9.17, 15) is 9.59 Å². The van der Waals surface area contributed by atoms with Crippen molar-refractivity contribution in [2.75, 3.05) is 6.61 Å². The summed E-state index contributed by atoms with van der Waals surface area (Å²) in [6.07, 6.45) is 2.60. The Hall–Kier alpha value is -2.14. The highest BCUT2D eigenvalue weighted by molar-refractivity contribution is 6.31. The number of oxime groups is 1. The fourth-order valence-electron chi connectivity index (χ4n) is 1.28. The van der Waals surface area contributed by atoms with Crippen LogP contribution in [0.5, 0.6) is 0 Å². The average molecular weight is 296 g/mol. The number of carbonyl (C=O) groups is 2. The van der Waals surface area contributed by atoms with Crippen LogP contribution in [0.3, 0.4) is 0 Å². The summed E-state index contributed by atoms with van der Waals surface area (Å²) in [5.41, 5.74) is 0.898. The van der Waals surface area contributed by atoms with Crippen molar-refractivity contribution < 1.29 is 19.2 Å². The zero-order valence-corrected chi connectivity index (χ0v) is 11.9. The van der Waals surface area contributed by atoms with Gasteiger partial charge < -0.3 is 9.57 Å². The van der Waals surface area contributed by atoms with Crippen molar-refractivity contribution in [1.82, 2.24) is 0 Å². The van der Waals surface area contributed by atoms with Crippen LogP contribution in [0.1, 0.15) is 19.4 Å². The average Bonchev–Trinajstić information content (AvgIpc) is 2.38. The van der Waals surface area contributed by atoms with Gasteiger partial charge >= 0.3 is 11.9 Å². The van der Waals surface area contributed by atoms with Crippen molar-refractivity contribution in [3.05, 3.63) is 47.0 Å². The van der Waals surface area contributed by atoms with Gasteiger partial charge in [0.15, 0.2) is 0 Å². The SMILES string of the molecule is CCOC(=O)C=CC(=NOC(C)=O)c1cccc(Cl)c1. The van der Waals surface area contributed by atoms with E-state index < -0.39 is 11.9 Å². The second-order valence-corrected chi connectivity index (χ2v) is 4.09. The number of hydrogen-bond donors (Lipinski definition) is 0. The van der Waals surface area contributed by atoms with Gasteiger partial charge in [-0.15, -0.1) is 0 Å². The van der Waals surface area contributed by atoms with Crippen molar-refractivity contribution in [3.8, 4) is 0 Å². The smallest absolute Gasteiger partial charge is 0.332 e. The predicted octanol–water partition coefficient (Wildman–Crippen LogP) is 2.73. The van der Waals surface area contributed by atoms with Gasteiger partial charge in [-0.3, -0.25) is 0 Å². The molecule has 20 heavy (non-hydrogen) atoms. The minimum Gasteiger partial charge on any atom is -0.463 e. The number of allylic oxidation sites excluding steroid dienone is 1. The summed E-state index contributed by atoms with van der Waals surface area (Å²) in [5, 5.41) is 4.18. The van der Waals surface area contributed by atoms with E-state index in [1.54, 1.807) is 31.2 Å². The molecule has 0 amide bonds. The Balaban J connectivity index is 3.00. The van der Waals surface area contributed by atoms with Crippen molar-refractivity contribution in [1.29, 1.82) is 0 Å². The van der Waals surface area contributed by atoms with E-state index in [1.807, 2.05) is 0 Å². The van der Waals surface area contributed by atoms with Crippen LogP contribution in [0.25, 0.3) is 0 Å². The van der Waals surface area contributed by atoms with Crippen LogP contribution in [0.4, 0.5) is 0 Å². The molecule has 1 rings (SSSR count). The molecule has 0 unspecified atom stereocenters. The van der Waals surface area contributed by atoms with Gasteiger partial charge in [0.05, 0.1) is 6.61 Å². The van der Waals surface area contributed by atoms with Crippen molar-refractivity contribution >= 4 is 29.3 Å². The van der Waals surface area contributed by atoms with E-state index in [4.69, 9.17) is 16.3 Å². The lowest BCUT2D eigenvalue weighted by molar-refractivity contribution is -0.141. The van der Waals surface area contributed by atoms with E-state index in [0.717, 1.165) is 0 Å². The second-order valence-electron chi connectivity index (χ2n) is 3.66. The molecule has 6 heteroatoms. The van der Waals surface area contributed by atoms with Crippen molar-refractivity contribution in [3.63, 3.8) is 0 Å². The molecule has 0 aliphatic carbocycles. The van der Waals surface area contributed by atoms with E-state index >= 15 is 0 Å². The first-order valence-corrected chi connectivity index (χ1v) is 6.27. The molecule has 0 bridgehead atoms. The predicted molar refractivity (Wildman–Crippen MR) is 75.5 cm³/mol. The van der Waals surface area contributed by atoms with E-state index in [2.05, 4.69) is 9.99 Å². The minimum atomic E-state index is -0.561. The molecule has 5 nitrogen and oxygen atoms in total. The number of carbonyl (C=O) groups excluding carboxylic acids is 2. The second kappa shape index (κ2) is 8.12. The lowest BCUT2D eigenvalue weighted by atomic mass is 10.1. The van der Waals surface area contributed by atoms with Gasteiger partial charge in [-0.05, 0) is 25.1 Å². The highest BCUT2D eigenvalue weighted by atomic mass is 35.5. The Labute approximate surface area is 121 Å². The molecular formula is C14H14ClNO4. The zero-order chi connectivity index (χ0) is 15.0. The standard InChI is InChI=1S/C14H14ClNO4/c1-3-19-14(18)8-7-13(16-20-10(2)17)11-5-4-6-12(15)9-11/h4-9H,3H2,1-2H3. The quantitative estimate of drug-likeness (QED) is 0.275. The van der Waals surface area contributed by atoms with Crippen LogP contribution in [0, 0.1) is 0 Å². The number of rotatable bonds is 5. The maximum Gasteiger partial charge on any atom is 0.332 e. The van der Waals surface area contributed by atoms with Gasteiger partial charge in [-0.2, -0.15) is 0 Å². The molecule has 0 heterocycles. The first kappa shape index (κ1) is 15.9. The van der Waals surface area contributed by atoms with Crippen LogP contribution in [-0.2, 0) is 19.2 Å². The number of benzene rings is 1. The molecule has 1 aromatic carbocycles. The maximum atomic E-state index is 11.3. The largest absolute Gasteiger partial charge is 0.463 e. The molecule has 0 radical (unpaired) electrons. The van der Waals surface area contributed by atoms with Crippen molar-refractivity contribution in [2.45, 2.75) is 13.8 Å². The molecule has 0 spiro atoms.